The second-order valence-electron chi connectivity index (χ2n) is 5.57. The predicted octanol–water partition coefficient (Wildman–Crippen LogP) is 6.12. The molecule has 2 nitrogen and oxygen atoms in total. The number of allylic oxidation sites excluding steroid dienone is 6. The molecule has 0 atom stereocenters. The molecule has 142 valence electrons. The molecule has 0 aliphatic carbocycles. The van der Waals surface area contributed by atoms with Crippen LogP contribution in [0.15, 0.2) is 72.9 Å². The van der Waals surface area contributed by atoms with E-state index in [1.807, 2.05) is 25.1 Å². The summed E-state index contributed by atoms with van der Waals surface area (Å²) in [5, 5.41) is 0. The molecule has 0 bridgehead atoms. The van der Waals surface area contributed by atoms with E-state index in [-0.39, 0.29) is 5.57 Å². The van der Waals surface area contributed by atoms with Gasteiger partial charge in [-0.3, -0.25) is 0 Å². The number of halogens is 3. The van der Waals surface area contributed by atoms with Gasteiger partial charge in [0.2, 0.25) is 0 Å². The third-order valence-corrected chi connectivity index (χ3v) is 3.39. The number of alkyl halides is 3. The van der Waals surface area contributed by atoms with Crippen LogP contribution in [0, 0.1) is 6.92 Å². The summed E-state index contributed by atoms with van der Waals surface area (Å²) in [6.45, 7) is 15.6. The van der Waals surface area contributed by atoms with Crippen molar-refractivity contribution in [1.82, 2.24) is 0 Å². The summed E-state index contributed by atoms with van der Waals surface area (Å²) in [4.78, 5) is 0. The van der Waals surface area contributed by atoms with Crippen molar-refractivity contribution in [1.29, 1.82) is 0 Å². The van der Waals surface area contributed by atoms with Gasteiger partial charge in [-0.1, -0.05) is 43.5 Å². The van der Waals surface area contributed by atoms with Gasteiger partial charge >= 0.3 is 6.18 Å². The van der Waals surface area contributed by atoms with Crippen LogP contribution in [0.2, 0.25) is 0 Å². The fourth-order valence-electron chi connectivity index (χ4n) is 1.86. The normalized spacial score (nSPS) is 11.6. The van der Waals surface area contributed by atoms with Gasteiger partial charge in [-0.25, -0.2) is 0 Å². The van der Waals surface area contributed by atoms with Crippen molar-refractivity contribution in [3.63, 3.8) is 0 Å². The molecule has 26 heavy (non-hydrogen) atoms. The SMILES string of the molecule is C=C(C)C(=C)/C(=C\C=C/C)C(F)(F)F.C=C(N)c1cc(OC)ccc1C. The van der Waals surface area contributed by atoms with E-state index in [0.717, 1.165) is 23.0 Å². The molecule has 1 aromatic carbocycles. The van der Waals surface area contributed by atoms with Gasteiger partial charge in [-0.05, 0) is 50.1 Å². The van der Waals surface area contributed by atoms with Crippen molar-refractivity contribution < 1.29 is 17.9 Å². The van der Waals surface area contributed by atoms with Gasteiger partial charge < -0.3 is 10.5 Å². The zero-order valence-corrected chi connectivity index (χ0v) is 15.7. The van der Waals surface area contributed by atoms with Crippen LogP contribution < -0.4 is 10.5 Å². The number of ether oxygens (including phenoxy) is 1. The Bertz CT molecular complexity index is 725. The molecule has 2 N–H and O–H groups in total. The molecule has 5 heteroatoms. The largest absolute Gasteiger partial charge is 0.497 e. The first-order chi connectivity index (χ1) is 11.9. The molecule has 0 heterocycles. The van der Waals surface area contributed by atoms with Crippen molar-refractivity contribution in [2.24, 2.45) is 5.73 Å². The molecule has 0 aromatic heterocycles. The molecule has 1 aromatic rings. The van der Waals surface area contributed by atoms with Gasteiger partial charge in [0, 0.05) is 11.3 Å². The Morgan fingerprint density at radius 3 is 2.15 bits per heavy atom. The van der Waals surface area contributed by atoms with Crippen LogP contribution in [0.25, 0.3) is 5.70 Å². The van der Waals surface area contributed by atoms with Crippen LogP contribution in [0.3, 0.4) is 0 Å². The molecular formula is C21H26F3NO. The van der Waals surface area contributed by atoms with E-state index >= 15 is 0 Å². The molecule has 0 unspecified atom stereocenters. The lowest BCUT2D eigenvalue weighted by molar-refractivity contribution is -0.0890. The molecule has 0 saturated heterocycles. The van der Waals surface area contributed by atoms with E-state index in [4.69, 9.17) is 10.5 Å². The molecule has 0 fully saturated rings. The third kappa shape index (κ3) is 7.47. The summed E-state index contributed by atoms with van der Waals surface area (Å²) in [5.74, 6) is 0.808. The average molecular weight is 365 g/mol. The predicted molar refractivity (Wildman–Crippen MR) is 104 cm³/mol. The van der Waals surface area contributed by atoms with Crippen LogP contribution in [0.4, 0.5) is 13.2 Å². The molecular weight excluding hydrogens is 339 g/mol. The van der Waals surface area contributed by atoms with E-state index < -0.39 is 11.7 Å². The number of nitrogens with two attached hydrogens (primary N) is 1. The first-order valence-electron chi connectivity index (χ1n) is 7.80. The lowest BCUT2D eigenvalue weighted by Crippen LogP contribution is -2.13. The minimum Gasteiger partial charge on any atom is -0.497 e. The van der Waals surface area contributed by atoms with Crippen LogP contribution in [-0.2, 0) is 0 Å². The van der Waals surface area contributed by atoms with E-state index in [2.05, 4.69) is 19.7 Å². The highest BCUT2D eigenvalue weighted by Gasteiger charge is 2.34. The van der Waals surface area contributed by atoms with Gasteiger partial charge in [0.05, 0.1) is 12.7 Å². The highest BCUT2D eigenvalue weighted by atomic mass is 19.4. The Labute approximate surface area is 153 Å². The fourth-order valence-corrected chi connectivity index (χ4v) is 1.86. The molecule has 0 spiro atoms. The summed E-state index contributed by atoms with van der Waals surface area (Å²) in [6.07, 6.45) is -0.527. The van der Waals surface area contributed by atoms with Gasteiger partial charge in [0.15, 0.2) is 0 Å². The Hall–Kier alpha value is -2.69. The van der Waals surface area contributed by atoms with E-state index in [1.54, 1.807) is 14.0 Å². The number of benzene rings is 1. The van der Waals surface area contributed by atoms with Gasteiger partial charge in [0.25, 0.3) is 0 Å². The minimum atomic E-state index is -4.38. The van der Waals surface area contributed by atoms with E-state index in [9.17, 15) is 13.2 Å². The smallest absolute Gasteiger partial charge is 0.416 e. The Morgan fingerprint density at radius 1 is 1.19 bits per heavy atom. The van der Waals surface area contributed by atoms with Gasteiger partial charge in [-0.2, -0.15) is 13.2 Å². The quantitative estimate of drug-likeness (QED) is 0.638. The number of hydrogen-bond donors (Lipinski definition) is 1. The Morgan fingerprint density at radius 2 is 1.77 bits per heavy atom. The minimum absolute atomic E-state index is 0.0735. The van der Waals surface area contributed by atoms with Crippen molar-refractivity contribution in [3.8, 4) is 5.75 Å². The van der Waals surface area contributed by atoms with Crippen LogP contribution in [0.1, 0.15) is 25.0 Å². The topological polar surface area (TPSA) is 35.2 Å². The molecule has 0 aliphatic heterocycles. The molecule has 0 saturated carbocycles. The summed E-state index contributed by atoms with van der Waals surface area (Å²) >= 11 is 0. The third-order valence-electron chi connectivity index (χ3n) is 3.39. The molecule has 0 amide bonds. The summed E-state index contributed by atoms with van der Waals surface area (Å²) < 4.78 is 42.4. The van der Waals surface area contributed by atoms with Gasteiger partial charge in [0.1, 0.15) is 5.75 Å². The monoisotopic (exact) mass is 365 g/mol. The lowest BCUT2D eigenvalue weighted by atomic mass is 10.0. The number of rotatable bonds is 5. The van der Waals surface area contributed by atoms with Crippen LogP contribution >= 0.6 is 0 Å². The first kappa shape index (κ1) is 23.3. The van der Waals surface area contributed by atoms with Crippen LogP contribution in [0.5, 0.6) is 5.75 Å². The standard InChI is InChI=1S/C11H13F3.C10H13NO/c1-5-6-7-10(11(12,13)14)9(4)8(2)3;1-7-4-5-9(12-3)6-10(7)8(2)11/h5-7H,2,4H2,1,3H3;4-6H,2,11H2,1,3H3/b6-5-,10-7+;. The van der Waals surface area contributed by atoms with E-state index in [1.165, 1.54) is 19.1 Å². The second kappa shape index (κ2) is 10.3. The highest BCUT2D eigenvalue weighted by molar-refractivity contribution is 5.64. The van der Waals surface area contributed by atoms with Crippen molar-refractivity contribution >= 4 is 5.70 Å². The van der Waals surface area contributed by atoms with Gasteiger partial charge in [-0.15, -0.1) is 0 Å². The maximum absolute atomic E-state index is 12.5. The highest BCUT2D eigenvalue weighted by Crippen LogP contribution is 2.33. The maximum Gasteiger partial charge on any atom is 0.416 e. The van der Waals surface area contributed by atoms with Crippen molar-refractivity contribution in [2.45, 2.75) is 26.9 Å². The molecule has 0 aliphatic rings. The summed E-state index contributed by atoms with van der Waals surface area (Å²) in [6, 6.07) is 5.76. The number of aryl methyl sites for hydroxylation is 1. The Kier molecular flexibility index (Phi) is 9.27. The lowest BCUT2D eigenvalue weighted by Gasteiger charge is -2.13. The van der Waals surface area contributed by atoms with Crippen LogP contribution in [-0.4, -0.2) is 13.3 Å². The summed E-state index contributed by atoms with van der Waals surface area (Å²) in [7, 11) is 1.63. The fraction of sp³-hybridized carbons (Fsp3) is 0.238. The first-order valence-corrected chi connectivity index (χ1v) is 7.80. The second-order valence-corrected chi connectivity index (χ2v) is 5.57. The van der Waals surface area contributed by atoms with E-state index in [0.29, 0.717) is 11.3 Å². The number of methoxy groups -OCH3 is 1. The molecule has 1 rings (SSSR count). The van der Waals surface area contributed by atoms with Crippen molar-refractivity contribution in [3.05, 3.63) is 84.0 Å². The zero-order valence-electron chi connectivity index (χ0n) is 15.7. The average Bonchev–Trinajstić information content (AvgIpc) is 2.54. The van der Waals surface area contributed by atoms with Crippen molar-refractivity contribution in [2.75, 3.05) is 7.11 Å². The maximum atomic E-state index is 12.5. The zero-order chi connectivity index (χ0) is 20.5. The molecule has 0 radical (unpaired) electrons. The Balaban J connectivity index is 0.000000485. The summed E-state index contributed by atoms with van der Waals surface area (Å²) in [5.41, 5.74) is 7.73. The number of hydrogen-bond acceptors (Lipinski definition) is 2.